The second-order valence-corrected chi connectivity index (χ2v) is 7.36. The third-order valence-electron chi connectivity index (χ3n) is 5.17. The van der Waals surface area contributed by atoms with Crippen molar-refractivity contribution >= 4 is 16.9 Å². The van der Waals surface area contributed by atoms with Crippen molar-refractivity contribution in [2.75, 3.05) is 6.61 Å². The lowest BCUT2D eigenvalue weighted by molar-refractivity contribution is -0.282. The third-order valence-corrected chi connectivity index (χ3v) is 5.17. The molecule has 0 aliphatic carbocycles. The maximum absolute atomic E-state index is 12.1. The van der Waals surface area contributed by atoms with E-state index in [0.29, 0.717) is 10.9 Å². The SMILES string of the molecule is Cc1cc(=O)oc2cc(O[C@]3(C(=O)O)C[C@H](O)[C@@H](N=[N+]=[N-])[C@H]([C@H](O)[C@H](O)CO)O3)ccc12. The molecule has 2 aromatic rings. The van der Waals surface area contributed by atoms with Gasteiger partial charge in [0.1, 0.15) is 29.6 Å². The molecule has 2 heterocycles. The van der Waals surface area contributed by atoms with Gasteiger partial charge in [0.05, 0.1) is 25.2 Å². The van der Waals surface area contributed by atoms with E-state index in [1.807, 2.05) is 0 Å². The summed E-state index contributed by atoms with van der Waals surface area (Å²) in [4.78, 5) is 26.3. The first kappa shape index (κ1) is 23.5. The summed E-state index contributed by atoms with van der Waals surface area (Å²) in [6.45, 7) is 0.775. The molecule has 1 aromatic carbocycles. The van der Waals surface area contributed by atoms with Crippen LogP contribution in [0.1, 0.15) is 12.0 Å². The molecule has 0 bridgehead atoms. The van der Waals surface area contributed by atoms with Crippen LogP contribution >= 0.6 is 0 Å². The predicted octanol–water partition coefficient (Wildman–Crippen LogP) is -0.196. The molecular weight excluding hydrogens is 430 g/mol. The van der Waals surface area contributed by atoms with Crippen LogP contribution in [0.25, 0.3) is 21.4 Å². The van der Waals surface area contributed by atoms with Crippen molar-refractivity contribution in [2.24, 2.45) is 5.11 Å². The number of benzene rings is 1. The van der Waals surface area contributed by atoms with Crippen LogP contribution in [0, 0.1) is 6.92 Å². The van der Waals surface area contributed by atoms with Gasteiger partial charge in [-0.2, -0.15) is 0 Å². The van der Waals surface area contributed by atoms with Gasteiger partial charge in [0, 0.05) is 22.4 Å². The molecule has 0 unspecified atom stereocenters. The maximum Gasteiger partial charge on any atom is 0.377 e. The molecule has 172 valence electrons. The first-order chi connectivity index (χ1) is 15.1. The number of nitrogens with zero attached hydrogens (tertiary/aromatic N) is 3. The van der Waals surface area contributed by atoms with Crippen LogP contribution in [0.5, 0.6) is 5.75 Å². The number of hydrogen-bond acceptors (Lipinski definition) is 10. The van der Waals surface area contributed by atoms with E-state index in [2.05, 4.69) is 10.0 Å². The van der Waals surface area contributed by atoms with Gasteiger partial charge in [-0.15, -0.1) is 0 Å². The first-order valence-corrected chi connectivity index (χ1v) is 9.46. The number of aliphatic hydroxyl groups is 4. The second-order valence-electron chi connectivity index (χ2n) is 7.36. The highest BCUT2D eigenvalue weighted by molar-refractivity contribution is 5.82. The zero-order valence-electron chi connectivity index (χ0n) is 16.7. The quantitative estimate of drug-likeness (QED) is 0.162. The molecule has 13 heteroatoms. The van der Waals surface area contributed by atoms with Gasteiger partial charge >= 0.3 is 17.4 Å². The van der Waals surface area contributed by atoms with Gasteiger partial charge in [0.15, 0.2) is 0 Å². The molecule has 1 aliphatic heterocycles. The summed E-state index contributed by atoms with van der Waals surface area (Å²) in [5.74, 6) is -4.35. The zero-order valence-corrected chi connectivity index (χ0v) is 16.7. The Hall–Kier alpha value is -3.19. The Kier molecular flexibility index (Phi) is 6.69. The normalized spacial score (nSPS) is 27.3. The van der Waals surface area contributed by atoms with Crippen LogP contribution in [-0.4, -0.2) is 74.4 Å². The van der Waals surface area contributed by atoms with Gasteiger partial charge < -0.3 is 39.4 Å². The largest absolute Gasteiger partial charge is 0.476 e. The monoisotopic (exact) mass is 451 g/mol. The third kappa shape index (κ3) is 4.39. The lowest BCUT2D eigenvalue weighted by Crippen LogP contribution is -2.64. The van der Waals surface area contributed by atoms with Gasteiger partial charge in [-0.25, -0.2) is 9.59 Å². The summed E-state index contributed by atoms with van der Waals surface area (Å²) < 4.78 is 16.1. The fourth-order valence-corrected chi connectivity index (χ4v) is 3.56. The van der Waals surface area contributed by atoms with Crippen molar-refractivity contribution in [3.63, 3.8) is 0 Å². The summed E-state index contributed by atoms with van der Waals surface area (Å²) in [5.41, 5.74) is 8.88. The van der Waals surface area contributed by atoms with E-state index in [1.54, 1.807) is 6.92 Å². The number of ether oxygens (including phenoxy) is 2. The topological polar surface area (TPSA) is 216 Å². The number of hydrogen-bond donors (Lipinski definition) is 5. The van der Waals surface area contributed by atoms with Crippen molar-refractivity contribution in [3.05, 3.63) is 50.7 Å². The van der Waals surface area contributed by atoms with E-state index in [-0.39, 0.29) is 11.3 Å². The van der Waals surface area contributed by atoms with E-state index in [0.717, 1.165) is 0 Å². The Labute approximate surface area is 179 Å². The Balaban J connectivity index is 2.03. The van der Waals surface area contributed by atoms with Crippen LogP contribution in [0.15, 0.2) is 38.6 Å². The van der Waals surface area contributed by atoms with E-state index < -0.39 is 60.9 Å². The molecule has 3 rings (SSSR count). The number of aliphatic carboxylic acids is 1. The van der Waals surface area contributed by atoms with Gasteiger partial charge in [0.25, 0.3) is 0 Å². The zero-order chi connectivity index (χ0) is 23.6. The number of carbonyl (C=O) groups is 1. The Bertz CT molecular complexity index is 1110. The Morgan fingerprint density at radius 2 is 2.12 bits per heavy atom. The molecule has 1 aliphatic rings. The molecule has 1 aromatic heterocycles. The van der Waals surface area contributed by atoms with Gasteiger partial charge in [-0.05, 0) is 30.2 Å². The number of carboxylic acid groups (broad SMARTS) is 1. The molecule has 32 heavy (non-hydrogen) atoms. The number of azide groups is 1. The molecule has 13 nitrogen and oxygen atoms in total. The van der Waals surface area contributed by atoms with Crippen molar-refractivity contribution < 1.29 is 44.2 Å². The molecule has 0 spiro atoms. The van der Waals surface area contributed by atoms with Gasteiger partial charge in [-0.3, -0.25) is 0 Å². The molecule has 0 saturated carbocycles. The fraction of sp³-hybridized carbons (Fsp3) is 0.474. The molecular formula is C19H21N3O10. The Morgan fingerprint density at radius 1 is 1.41 bits per heavy atom. The summed E-state index contributed by atoms with van der Waals surface area (Å²) in [5, 5.41) is 53.5. The predicted molar refractivity (Wildman–Crippen MR) is 106 cm³/mol. The lowest BCUT2D eigenvalue weighted by Gasteiger charge is -2.44. The minimum atomic E-state index is -2.57. The average molecular weight is 451 g/mol. The van der Waals surface area contributed by atoms with Crippen molar-refractivity contribution in [1.29, 1.82) is 0 Å². The Morgan fingerprint density at radius 3 is 2.75 bits per heavy atom. The first-order valence-electron chi connectivity index (χ1n) is 9.46. The number of fused-ring (bicyclic) bond motifs is 1. The molecule has 1 fully saturated rings. The summed E-state index contributed by atoms with van der Waals surface area (Å²) >= 11 is 0. The molecule has 1 saturated heterocycles. The average Bonchev–Trinajstić information content (AvgIpc) is 2.73. The number of rotatable bonds is 7. The molecule has 0 radical (unpaired) electrons. The van der Waals surface area contributed by atoms with E-state index in [1.165, 1.54) is 24.3 Å². The van der Waals surface area contributed by atoms with Crippen LogP contribution in [0.4, 0.5) is 0 Å². The van der Waals surface area contributed by atoms with E-state index in [9.17, 15) is 30.0 Å². The second kappa shape index (κ2) is 9.12. The highest BCUT2D eigenvalue weighted by Gasteiger charge is 2.56. The van der Waals surface area contributed by atoms with Gasteiger partial charge in [-0.1, -0.05) is 5.11 Å². The smallest absolute Gasteiger partial charge is 0.377 e. The van der Waals surface area contributed by atoms with Crippen LogP contribution < -0.4 is 10.4 Å². The lowest BCUT2D eigenvalue weighted by atomic mass is 9.89. The molecule has 6 atom stereocenters. The number of aliphatic hydroxyl groups excluding tert-OH is 4. The highest BCUT2D eigenvalue weighted by Crippen LogP contribution is 2.36. The van der Waals surface area contributed by atoms with Crippen LogP contribution in [0.2, 0.25) is 0 Å². The van der Waals surface area contributed by atoms with Crippen molar-refractivity contribution in [3.8, 4) is 5.75 Å². The highest BCUT2D eigenvalue weighted by atomic mass is 16.7. The fourth-order valence-electron chi connectivity index (χ4n) is 3.56. The number of aryl methyl sites for hydroxylation is 1. The standard InChI is InChI=1S/C19H21N3O10/c1-8-4-14(26)30-13-5-9(2-3-10(8)13)31-19(18(28)29)6-11(24)15(21-22-20)17(32-19)16(27)12(25)7-23/h2-5,11-12,15-17,23-25,27H,6-7H2,1H3,(H,28,29)/t11-,12+,15+,16+,17+,19+/m0/s1. The molecule has 0 amide bonds. The van der Waals surface area contributed by atoms with Crippen LogP contribution in [0.3, 0.4) is 0 Å². The summed E-state index contributed by atoms with van der Waals surface area (Å²) in [7, 11) is 0. The minimum Gasteiger partial charge on any atom is -0.476 e. The maximum atomic E-state index is 12.1. The van der Waals surface area contributed by atoms with Gasteiger partial charge in [0.2, 0.25) is 0 Å². The number of carboxylic acids is 1. The van der Waals surface area contributed by atoms with Crippen molar-refractivity contribution in [2.45, 2.75) is 49.6 Å². The minimum absolute atomic E-state index is 0.0981. The van der Waals surface area contributed by atoms with Crippen LogP contribution in [-0.2, 0) is 9.53 Å². The summed E-state index contributed by atoms with van der Waals surface area (Å²) in [6, 6.07) is 3.99. The molecule has 5 N–H and O–H groups in total. The van der Waals surface area contributed by atoms with E-state index in [4.69, 9.17) is 24.5 Å². The van der Waals surface area contributed by atoms with E-state index >= 15 is 0 Å². The van der Waals surface area contributed by atoms with Crippen molar-refractivity contribution in [1.82, 2.24) is 0 Å². The summed E-state index contributed by atoms with van der Waals surface area (Å²) in [6.07, 6.45) is -7.81.